The maximum absolute atomic E-state index is 13.0. The zero-order chi connectivity index (χ0) is 25.1. The Morgan fingerprint density at radius 2 is 1.86 bits per heavy atom. The van der Waals surface area contributed by atoms with Crippen LogP contribution in [0.2, 0.25) is 0 Å². The molecule has 6 nitrogen and oxygen atoms in total. The molecule has 2 aromatic heterocycles. The smallest absolute Gasteiger partial charge is 0.416 e. The minimum Gasteiger partial charge on any atom is -0.490 e. The molecular weight excluding hydrogens is 469 g/mol. The number of aliphatic hydroxyl groups is 1. The van der Waals surface area contributed by atoms with Crippen molar-refractivity contribution >= 4 is 27.6 Å². The van der Waals surface area contributed by atoms with Crippen LogP contribution in [-0.4, -0.2) is 54.0 Å². The highest BCUT2D eigenvalue weighted by Crippen LogP contribution is 2.33. The second-order valence-corrected chi connectivity index (χ2v) is 9.30. The lowest BCUT2D eigenvalue weighted by atomic mass is 9.96. The number of nitrogens with zero attached hydrogens (tertiary/aromatic N) is 2. The first-order valence-electron chi connectivity index (χ1n) is 12.2. The number of halogens is 3. The summed E-state index contributed by atoms with van der Waals surface area (Å²) in [4.78, 5) is 9.42. The maximum atomic E-state index is 13.0. The number of aromatic amines is 1. The number of anilines is 1. The summed E-state index contributed by atoms with van der Waals surface area (Å²) in [6, 6.07) is 16.0. The molecular formula is C27H29F3N4O2. The predicted octanol–water partition coefficient (Wildman–Crippen LogP) is 4.98. The molecule has 1 aliphatic heterocycles. The summed E-state index contributed by atoms with van der Waals surface area (Å²) in [6.07, 6.45) is -2.12. The Balaban J connectivity index is 1.07. The van der Waals surface area contributed by atoms with Crippen molar-refractivity contribution in [2.75, 3.05) is 37.7 Å². The fourth-order valence-electron chi connectivity index (χ4n) is 4.82. The van der Waals surface area contributed by atoms with Crippen LogP contribution in [0.15, 0.2) is 60.8 Å². The second-order valence-electron chi connectivity index (χ2n) is 9.30. The number of hydrogen-bond donors (Lipinski definition) is 3. The number of alkyl halides is 3. The van der Waals surface area contributed by atoms with Gasteiger partial charge in [-0.25, -0.2) is 4.98 Å². The maximum Gasteiger partial charge on any atom is 0.416 e. The molecule has 3 N–H and O–H groups in total. The number of fused-ring (bicyclic) bond motifs is 3. The van der Waals surface area contributed by atoms with E-state index in [-0.39, 0.29) is 6.61 Å². The van der Waals surface area contributed by atoms with Gasteiger partial charge in [-0.05, 0) is 55.6 Å². The Labute approximate surface area is 207 Å². The van der Waals surface area contributed by atoms with Crippen molar-refractivity contribution < 1.29 is 23.0 Å². The summed E-state index contributed by atoms with van der Waals surface area (Å²) in [7, 11) is 0. The van der Waals surface area contributed by atoms with Gasteiger partial charge >= 0.3 is 6.18 Å². The van der Waals surface area contributed by atoms with Gasteiger partial charge in [-0.2, -0.15) is 13.2 Å². The third-order valence-corrected chi connectivity index (χ3v) is 6.75. The fourth-order valence-corrected chi connectivity index (χ4v) is 4.82. The molecule has 190 valence electrons. The summed E-state index contributed by atoms with van der Waals surface area (Å²) in [6.45, 7) is 2.62. The number of aromatic nitrogens is 2. The van der Waals surface area contributed by atoms with Crippen molar-refractivity contribution in [1.29, 1.82) is 0 Å². The molecule has 0 spiro atoms. The lowest BCUT2D eigenvalue weighted by molar-refractivity contribution is -0.137. The Morgan fingerprint density at radius 1 is 1.08 bits per heavy atom. The molecule has 9 heteroatoms. The van der Waals surface area contributed by atoms with Crippen molar-refractivity contribution in [3.63, 3.8) is 0 Å². The van der Waals surface area contributed by atoms with E-state index in [4.69, 9.17) is 4.74 Å². The van der Waals surface area contributed by atoms with Crippen LogP contribution in [0.1, 0.15) is 18.4 Å². The van der Waals surface area contributed by atoms with Crippen LogP contribution in [0.4, 0.5) is 19.0 Å². The number of aliphatic hydroxyl groups excluding tert-OH is 1. The molecule has 0 aliphatic carbocycles. The molecule has 2 aromatic carbocycles. The Bertz CT molecular complexity index is 1320. The summed E-state index contributed by atoms with van der Waals surface area (Å²) >= 11 is 0. The molecule has 1 saturated heterocycles. The van der Waals surface area contributed by atoms with Crippen LogP contribution < -0.4 is 15.0 Å². The van der Waals surface area contributed by atoms with Gasteiger partial charge in [0, 0.05) is 42.1 Å². The molecule has 4 aromatic rings. The van der Waals surface area contributed by atoms with E-state index in [0.29, 0.717) is 31.4 Å². The Morgan fingerprint density at radius 3 is 2.67 bits per heavy atom. The molecule has 0 amide bonds. The van der Waals surface area contributed by atoms with Gasteiger partial charge in [0.25, 0.3) is 0 Å². The largest absolute Gasteiger partial charge is 0.490 e. The Kier molecular flexibility index (Phi) is 7.02. The monoisotopic (exact) mass is 498 g/mol. The molecule has 1 aliphatic rings. The first kappa shape index (κ1) is 24.4. The van der Waals surface area contributed by atoms with Crippen molar-refractivity contribution in [2.24, 2.45) is 5.92 Å². The van der Waals surface area contributed by atoms with Crippen LogP contribution in [-0.2, 0) is 6.18 Å². The topological polar surface area (TPSA) is 73.4 Å². The number of para-hydroxylation sites is 1. The van der Waals surface area contributed by atoms with E-state index >= 15 is 0 Å². The lowest BCUT2D eigenvalue weighted by Gasteiger charge is -2.33. The summed E-state index contributed by atoms with van der Waals surface area (Å²) in [5, 5.41) is 15.9. The zero-order valence-electron chi connectivity index (χ0n) is 19.8. The van der Waals surface area contributed by atoms with E-state index in [1.807, 2.05) is 47.4 Å². The molecule has 0 bridgehead atoms. The second kappa shape index (κ2) is 10.4. The van der Waals surface area contributed by atoms with Crippen LogP contribution in [0.3, 0.4) is 0 Å². The minimum absolute atomic E-state index is 0.172. The Hall–Kier alpha value is -3.30. The van der Waals surface area contributed by atoms with E-state index in [1.165, 1.54) is 6.20 Å². The van der Waals surface area contributed by atoms with E-state index < -0.39 is 17.8 Å². The van der Waals surface area contributed by atoms with Gasteiger partial charge in [0.05, 0.1) is 11.1 Å². The number of pyridine rings is 1. The normalized spacial score (nSPS) is 16.1. The molecule has 0 saturated carbocycles. The average Bonchev–Trinajstić information content (AvgIpc) is 3.27. The average molecular weight is 499 g/mol. The quantitative estimate of drug-likeness (QED) is 0.320. The molecule has 1 fully saturated rings. The molecule has 0 radical (unpaired) electrons. The minimum atomic E-state index is -4.37. The van der Waals surface area contributed by atoms with E-state index in [0.717, 1.165) is 59.1 Å². The third-order valence-electron chi connectivity index (χ3n) is 6.75. The molecule has 3 heterocycles. The van der Waals surface area contributed by atoms with Crippen LogP contribution in [0, 0.1) is 5.92 Å². The zero-order valence-corrected chi connectivity index (χ0v) is 19.8. The van der Waals surface area contributed by atoms with Gasteiger partial charge in [-0.3, -0.25) is 0 Å². The number of H-pyrrole nitrogens is 1. The number of hydrogen-bond acceptors (Lipinski definition) is 5. The highest BCUT2D eigenvalue weighted by Gasteiger charge is 2.31. The van der Waals surface area contributed by atoms with E-state index in [9.17, 15) is 18.3 Å². The van der Waals surface area contributed by atoms with Gasteiger partial charge in [0.15, 0.2) is 0 Å². The van der Waals surface area contributed by atoms with Gasteiger partial charge in [0.1, 0.15) is 24.3 Å². The van der Waals surface area contributed by atoms with E-state index in [1.54, 1.807) is 0 Å². The molecule has 36 heavy (non-hydrogen) atoms. The molecule has 5 rings (SSSR count). The number of ether oxygens (including phenoxy) is 1. The van der Waals surface area contributed by atoms with Crippen molar-refractivity contribution in [1.82, 2.24) is 15.3 Å². The number of piperidine rings is 1. The highest BCUT2D eigenvalue weighted by atomic mass is 19.4. The van der Waals surface area contributed by atoms with Gasteiger partial charge < -0.3 is 25.0 Å². The fraction of sp³-hybridized carbons (Fsp3) is 0.370. The van der Waals surface area contributed by atoms with Gasteiger partial charge in [-0.15, -0.1) is 0 Å². The van der Waals surface area contributed by atoms with Crippen molar-refractivity contribution in [2.45, 2.75) is 25.1 Å². The third kappa shape index (κ3) is 5.42. The number of benzene rings is 2. The summed E-state index contributed by atoms with van der Waals surface area (Å²) in [5.74, 6) is 1.49. The molecule has 1 atom stereocenters. The first-order chi connectivity index (χ1) is 17.4. The lowest BCUT2D eigenvalue weighted by Crippen LogP contribution is -2.40. The SMILES string of the molecule is O[C@@H](CNCC1CCN(c2cc(C(F)(F)F)ccn2)CC1)COc1cccc2[nH]c3ccccc3c12. The predicted molar refractivity (Wildman–Crippen MR) is 134 cm³/mol. The first-order valence-corrected chi connectivity index (χ1v) is 12.2. The van der Waals surface area contributed by atoms with Gasteiger partial charge in [0.2, 0.25) is 0 Å². The van der Waals surface area contributed by atoms with Crippen LogP contribution in [0.5, 0.6) is 5.75 Å². The van der Waals surface area contributed by atoms with E-state index in [2.05, 4.69) is 15.3 Å². The highest BCUT2D eigenvalue weighted by molar-refractivity contribution is 6.10. The molecule has 0 unspecified atom stereocenters. The standard InChI is InChI=1S/C27H29F3N4O2/c28-27(29,30)19-8-11-32-25(14-19)34-12-9-18(10-13-34)15-31-16-20(35)17-36-24-7-3-6-23-26(24)21-4-1-2-5-22(21)33-23/h1-8,11,14,18,20,31,33,35H,9-10,12-13,15-17H2/t20-/m0/s1. The summed E-state index contributed by atoms with van der Waals surface area (Å²) < 4.78 is 44.9. The number of rotatable bonds is 8. The van der Waals surface area contributed by atoms with Crippen molar-refractivity contribution in [3.8, 4) is 5.75 Å². The summed E-state index contributed by atoms with van der Waals surface area (Å²) in [5.41, 5.74) is 1.36. The van der Waals surface area contributed by atoms with Gasteiger partial charge in [-0.1, -0.05) is 24.3 Å². The number of nitrogens with one attached hydrogen (secondary N) is 2. The van der Waals surface area contributed by atoms with Crippen LogP contribution >= 0.6 is 0 Å². The van der Waals surface area contributed by atoms with Crippen LogP contribution in [0.25, 0.3) is 21.8 Å². The van der Waals surface area contributed by atoms with Crippen molar-refractivity contribution in [3.05, 3.63) is 66.4 Å².